The van der Waals surface area contributed by atoms with Gasteiger partial charge in [-0.15, -0.1) is 0 Å². The van der Waals surface area contributed by atoms with Gasteiger partial charge in [0.1, 0.15) is 5.82 Å². The van der Waals surface area contributed by atoms with E-state index in [2.05, 4.69) is 20.2 Å². The molecule has 2 aromatic carbocycles. The van der Waals surface area contributed by atoms with Gasteiger partial charge in [0, 0.05) is 74.2 Å². The van der Waals surface area contributed by atoms with Crippen molar-refractivity contribution in [2.75, 3.05) is 31.5 Å². The van der Waals surface area contributed by atoms with E-state index in [-0.39, 0.29) is 17.3 Å². The number of benzene rings is 2. The first-order valence-corrected chi connectivity index (χ1v) is 12.8. The third-order valence-electron chi connectivity index (χ3n) is 7.01. The summed E-state index contributed by atoms with van der Waals surface area (Å²) in [4.78, 5) is 36.2. The zero-order chi connectivity index (χ0) is 26.8. The maximum atomic E-state index is 13.2. The number of nitrogens with one attached hydrogen (secondary N) is 2. The van der Waals surface area contributed by atoms with E-state index < -0.39 is 0 Å². The second kappa shape index (κ2) is 10.5. The molecule has 1 saturated heterocycles. The molecule has 0 bridgehead atoms. The number of H-pyrrole nitrogens is 1. The van der Waals surface area contributed by atoms with Crippen LogP contribution in [0, 0.1) is 5.82 Å². The molecule has 196 valence electrons. The third kappa shape index (κ3) is 5.30. The molecule has 3 aromatic heterocycles. The molecule has 4 heterocycles. The summed E-state index contributed by atoms with van der Waals surface area (Å²) in [5.74, 6) is -0.217. The maximum Gasteiger partial charge on any atom is 0.253 e. The van der Waals surface area contributed by atoms with Crippen molar-refractivity contribution in [2.24, 2.45) is 0 Å². The topological polar surface area (TPSA) is 85.7 Å². The standard InChI is InChI=1S/C30H27FN6O2/c31-24-5-1-21(2-6-24)20-35-15-17-36(18-16-35)30(39)22-3-7-25(8-4-22)34-26-9-10-27(37-14-13-33-29(26)37)23-11-12-32-28(38)19-23/h1-14,19,34H,15-18,20H2,(H,32,38). The zero-order valence-electron chi connectivity index (χ0n) is 21.2. The molecule has 0 spiro atoms. The molecule has 9 heteroatoms. The minimum absolute atomic E-state index is 0.0147. The Morgan fingerprint density at radius 2 is 1.72 bits per heavy atom. The summed E-state index contributed by atoms with van der Waals surface area (Å²) >= 11 is 0. The number of pyridine rings is 2. The molecule has 6 rings (SSSR count). The van der Waals surface area contributed by atoms with Crippen molar-refractivity contribution in [3.63, 3.8) is 0 Å². The predicted molar refractivity (Wildman–Crippen MR) is 149 cm³/mol. The summed E-state index contributed by atoms with van der Waals surface area (Å²) in [6.45, 7) is 3.60. The Kier molecular flexibility index (Phi) is 6.64. The number of halogens is 1. The number of fused-ring (bicyclic) bond motifs is 1. The van der Waals surface area contributed by atoms with Crippen LogP contribution in [0.4, 0.5) is 15.8 Å². The monoisotopic (exact) mass is 522 g/mol. The number of carbonyl (C=O) groups excluding carboxylic acids is 1. The lowest BCUT2D eigenvalue weighted by Gasteiger charge is -2.34. The largest absolute Gasteiger partial charge is 0.352 e. The Morgan fingerprint density at radius 3 is 2.46 bits per heavy atom. The molecule has 39 heavy (non-hydrogen) atoms. The Morgan fingerprint density at radius 1 is 0.949 bits per heavy atom. The summed E-state index contributed by atoms with van der Waals surface area (Å²) in [5, 5.41) is 3.39. The molecule has 1 aliphatic heterocycles. The lowest BCUT2D eigenvalue weighted by atomic mass is 10.1. The number of rotatable bonds is 6. The molecule has 0 aliphatic carbocycles. The highest BCUT2D eigenvalue weighted by atomic mass is 19.1. The summed E-state index contributed by atoms with van der Waals surface area (Å²) in [6.07, 6.45) is 5.21. The molecule has 0 saturated carbocycles. The summed E-state index contributed by atoms with van der Waals surface area (Å²) in [5.41, 5.74) is 5.58. The molecule has 0 unspecified atom stereocenters. The van der Waals surface area contributed by atoms with Gasteiger partial charge in [-0.1, -0.05) is 12.1 Å². The summed E-state index contributed by atoms with van der Waals surface area (Å²) < 4.78 is 15.1. The van der Waals surface area contributed by atoms with E-state index in [1.54, 1.807) is 30.6 Å². The SMILES string of the molecule is O=C(c1ccc(Nc2ccc(-c3cc[nH]c(=O)c3)n3ccnc23)cc1)N1CCN(Cc2ccc(F)cc2)CC1. The molecule has 1 aliphatic rings. The highest BCUT2D eigenvalue weighted by Crippen LogP contribution is 2.27. The number of hydrogen-bond acceptors (Lipinski definition) is 5. The van der Waals surface area contributed by atoms with E-state index in [1.165, 1.54) is 12.1 Å². The van der Waals surface area contributed by atoms with Gasteiger partial charge in [-0.05, 0) is 60.2 Å². The second-order valence-electron chi connectivity index (χ2n) is 9.59. The van der Waals surface area contributed by atoms with Gasteiger partial charge < -0.3 is 15.2 Å². The second-order valence-corrected chi connectivity index (χ2v) is 9.59. The van der Waals surface area contributed by atoms with E-state index in [4.69, 9.17) is 0 Å². The minimum atomic E-state index is -0.231. The molecule has 1 amide bonds. The normalized spacial score (nSPS) is 14.0. The van der Waals surface area contributed by atoms with Crippen LogP contribution in [0.1, 0.15) is 15.9 Å². The lowest BCUT2D eigenvalue weighted by molar-refractivity contribution is 0.0628. The smallest absolute Gasteiger partial charge is 0.253 e. The van der Waals surface area contributed by atoms with Crippen molar-refractivity contribution in [2.45, 2.75) is 6.54 Å². The highest BCUT2D eigenvalue weighted by molar-refractivity contribution is 5.94. The number of piperazine rings is 1. The molecule has 0 atom stereocenters. The fourth-order valence-electron chi connectivity index (χ4n) is 4.94. The van der Waals surface area contributed by atoms with Gasteiger partial charge in [-0.2, -0.15) is 0 Å². The van der Waals surface area contributed by atoms with Gasteiger partial charge in [0.15, 0.2) is 5.65 Å². The molecule has 5 aromatic rings. The van der Waals surface area contributed by atoms with Crippen LogP contribution in [0.2, 0.25) is 0 Å². The minimum Gasteiger partial charge on any atom is -0.352 e. The number of anilines is 2. The van der Waals surface area contributed by atoms with Crippen LogP contribution in [-0.4, -0.2) is 56.3 Å². The number of aromatic amines is 1. The first-order chi connectivity index (χ1) is 19.0. The Hall–Kier alpha value is -4.76. The highest BCUT2D eigenvalue weighted by Gasteiger charge is 2.22. The Bertz CT molecular complexity index is 1670. The van der Waals surface area contributed by atoms with Crippen molar-refractivity contribution in [3.05, 3.63) is 119 Å². The van der Waals surface area contributed by atoms with Gasteiger partial charge in [-0.25, -0.2) is 9.37 Å². The summed E-state index contributed by atoms with van der Waals surface area (Å²) in [6, 6.07) is 21.3. The van der Waals surface area contributed by atoms with E-state index >= 15 is 0 Å². The molecular formula is C30H27FN6O2. The lowest BCUT2D eigenvalue weighted by Crippen LogP contribution is -2.48. The van der Waals surface area contributed by atoms with E-state index in [0.29, 0.717) is 18.7 Å². The van der Waals surface area contributed by atoms with Crippen molar-refractivity contribution in [1.29, 1.82) is 0 Å². The van der Waals surface area contributed by atoms with Gasteiger partial charge >= 0.3 is 0 Å². The van der Waals surface area contributed by atoms with Crippen LogP contribution in [0.25, 0.3) is 16.9 Å². The van der Waals surface area contributed by atoms with E-state index in [1.807, 2.05) is 58.0 Å². The molecule has 8 nitrogen and oxygen atoms in total. The van der Waals surface area contributed by atoms with Crippen LogP contribution in [0.3, 0.4) is 0 Å². The van der Waals surface area contributed by atoms with Crippen LogP contribution >= 0.6 is 0 Å². The van der Waals surface area contributed by atoms with Crippen molar-refractivity contribution >= 4 is 22.9 Å². The molecular weight excluding hydrogens is 495 g/mol. The van der Waals surface area contributed by atoms with Crippen LogP contribution in [0.15, 0.2) is 96.2 Å². The molecule has 1 fully saturated rings. The molecule has 0 radical (unpaired) electrons. The van der Waals surface area contributed by atoms with E-state index in [9.17, 15) is 14.0 Å². The zero-order valence-corrected chi connectivity index (χ0v) is 21.2. The summed E-state index contributed by atoms with van der Waals surface area (Å²) in [7, 11) is 0. The average Bonchev–Trinajstić information content (AvgIpc) is 3.46. The quantitative estimate of drug-likeness (QED) is 0.342. The maximum absolute atomic E-state index is 13.2. The van der Waals surface area contributed by atoms with Crippen LogP contribution < -0.4 is 10.9 Å². The average molecular weight is 523 g/mol. The van der Waals surface area contributed by atoms with E-state index in [0.717, 1.165) is 53.5 Å². The van der Waals surface area contributed by atoms with Gasteiger partial charge in [0.05, 0.1) is 11.4 Å². The van der Waals surface area contributed by atoms with Crippen LogP contribution in [-0.2, 0) is 6.54 Å². The number of hydrogen-bond donors (Lipinski definition) is 2. The van der Waals surface area contributed by atoms with Crippen molar-refractivity contribution < 1.29 is 9.18 Å². The number of nitrogens with zero attached hydrogens (tertiary/aromatic N) is 4. The first-order valence-electron chi connectivity index (χ1n) is 12.8. The third-order valence-corrected chi connectivity index (χ3v) is 7.01. The number of aromatic nitrogens is 3. The van der Waals surface area contributed by atoms with Gasteiger partial charge in [0.2, 0.25) is 5.56 Å². The Labute approximate surface area is 224 Å². The van der Waals surface area contributed by atoms with Crippen molar-refractivity contribution in [3.8, 4) is 11.3 Å². The Balaban J connectivity index is 1.10. The fraction of sp³-hybridized carbons (Fsp3) is 0.167. The first kappa shape index (κ1) is 24.6. The van der Waals surface area contributed by atoms with Gasteiger partial charge in [-0.3, -0.25) is 18.9 Å². The van der Waals surface area contributed by atoms with Gasteiger partial charge in [0.25, 0.3) is 5.91 Å². The van der Waals surface area contributed by atoms with Crippen LogP contribution in [0.5, 0.6) is 0 Å². The number of imidazole rings is 1. The number of carbonyl (C=O) groups is 1. The number of amides is 1. The fourth-order valence-corrected chi connectivity index (χ4v) is 4.94. The predicted octanol–water partition coefficient (Wildman–Crippen LogP) is 4.53. The van der Waals surface area contributed by atoms with Crippen molar-refractivity contribution in [1.82, 2.24) is 24.2 Å². The molecule has 2 N–H and O–H groups in total.